The quantitative estimate of drug-likeness (QED) is 0.787. The molecule has 1 aliphatic heterocycles. The van der Waals surface area contributed by atoms with Crippen molar-refractivity contribution in [3.05, 3.63) is 57.2 Å². The number of carbonyl (C=O) groups is 1. The number of benzene rings is 1. The number of urea groups is 1. The van der Waals surface area contributed by atoms with E-state index < -0.39 is 5.82 Å². The monoisotopic (exact) mass is 433 g/mol. The van der Waals surface area contributed by atoms with Crippen LogP contribution in [0.25, 0.3) is 0 Å². The molecule has 7 nitrogen and oxygen atoms in total. The number of hydrogen-bond acceptors (Lipinski definition) is 4. The van der Waals surface area contributed by atoms with Crippen molar-refractivity contribution in [2.45, 2.75) is 44.3 Å². The molecule has 1 atom stereocenters. The Bertz CT molecular complexity index is 994. The summed E-state index contributed by atoms with van der Waals surface area (Å²) in [6.45, 7) is 1.51. The molecule has 9 heteroatoms. The van der Waals surface area contributed by atoms with E-state index in [1.165, 1.54) is 22.9 Å². The molecule has 1 aromatic carbocycles. The first-order valence-corrected chi connectivity index (χ1v) is 10.6. The average molecular weight is 434 g/mol. The van der Waals surface area contributed by atoms with E-state index in [4.69, 9.17) is 11.6 Å². The molecule has 1 saturated carbocycles. The van der Waals surface area contributed by atoms with Crippen LogP contribution >= 0.6 is 11.6 Å². The van der Waals surface area contributed by atoms with Crippen LogP contribution in [-0.2, 0) is 13.6 Å². The first-order valence-electron chi connectivity index (χ1n) is 10.2. The number of carbonyl (C=O) groups excluding carboxylic acids is 1. The summed E-state index contributed by atoms with van der Waals surface area (Å²) < 4.78 is 15.6. The SMILES string of the molecule is Cn1c(N2CCC[C@@H](N(C(=O)NCc3ccc(Cl)cc3F)C3CC3)C2)nccc1=O. The van der Waals surface area contributed by atoms with Gasteiger partial charge in [-0.1, -0.05) is 17.7 Å². The van der Waals surface area contributed by atoms with Crippen LogP contribution in [0.3, 0.4) is 0 Å². The molecule has 4 rings (SSSR count). The van der Waals surface area contributed by atoms with Crippen molar-refractivity contribution in [2.75, 3.05) is 18.0 Å². The zero-order valence-electron chi connectivity index (χ0n) is 16.9. The van der Waals surface area contributed by atoms with Crippen molar-refractivity contribution in [1.29, 1.82) is 0 Å². The fourth-order valence-electron chi connectivity index (χ4n) is 4.03. The van der Waals surface area contributed by atoms with Gasteiger partial charge >= 0.3 is 6.03 Å². The van der Waals surface area contributed by atoms with Crippen molar-refractivity contribution in [3.8, 4) is 0 Å². The zero-order chi connectivity index (χ0) is 21.3. The van der Waals surface area contributed by atoms with E-state index in [2.05, 4.69) is 15.2 Å². The van der Waals surface area contributed by atoms with Gasteiger partial charge in [0.15, 0.2) is 0 Å². The van der Waals surface area contributed by atoms with Gasteiger partial charge in [0.2, 0.25) is 5.95 Å². The number of nitrogens with one attached hydrogen (secondary N) is 1. The summed E-state index contributed by atoms with van der Waals surface area (Å²) in [7, 11) is 1.71. The van der Waals surface area contributed by atoms with Crippen molar-refractivity contribution < 1.29 is 9.18 Å². The van der Waals surface area contributed by atoms with Gasteiger partial charge in [-0.05, 0) is 37.8 Å². The second-order valence-electron chi connectivity index (χ2n) is 7.92. The Morgan fingerprint density at radius 2 is 2.10 bits per heavy atom. The van der Waals surface area contributed by atoms with Crippen molar-refractivity contribution in [2.24, 2.45) is 7.05 Å². The number of aromatic nitrogens is 2. The Kier molecular flexibility index (Phi) is 5.94. The second kappa shape index (κ2) is 8.63. The van der Waals surface area contributed by atoms with E-state index in [0.717, 1.165) is 32.2 Å². The summed E-state index contributed by atoms with van der Waals surface area (Å²) in [6.07, 6.45) is 5.25. The minimum atomic E-state index is -0.430. The molecule has 1 aromatic heterocycles. The largest absolute Gasteiger partial charge is 0.340 e. The Labute approximate surface area is 179 Å². The first kappa shape index (κ1) is 20.7. The highest BCUT2D eigenvalue weighted by Gasteiger charge is 2.39. The van der Waals surface area contributed by atoms with Gasteiger partial charge in [0.05, 0.1) is 6.04 Å². The van der Waals surface area contributed by atoms with E-state index in [1.807, 2.05) is 4.90 Å². The van der Waals surface area contributed by atoms with E-state index in [0.29, 0.717) is 23.1 Å². The van der Waals surface area contributed by atoms with Gasteiger partial charge in [0.1, 0.15) is 5.82 Å². The number of piperidine rings is 1. The van der Waals surface area contributed by atoms with Crippen LogP contribution in [0.5, 0.6) is 0 Å². The van der Waals surface area contributed by atoms with E-state index in [-0.39, 0.29) is 30.2 Å². The van der Waals surface area contributed by atoms with Gasteiger partial charge in [-0.3, -0.25) is 9.36 Å². The number of amides is 2. The zero-order valence-corrected chi connectivity index (χ0v) is 17.6. The molecule has 2 aromatic rings. The highest BCUT2D eigenvalue weighted by Crippen LogP contribution is 2.32. The molecule has 2 heterocycles. The molecule has 0 radical (unpaired) electrons. The Balaban J connectivity index is 1.46. The lowest BCUT2D eigenvalue weighted by molar-refractivity contribution is 0.160. The summed E-state index contributed by atoms with van der Waals surface area (Å²) in [4.78, 5) is 33.3. The van der Waals surface area contributed by atoms with Gasteiger partial charge in [0, 0.05) is 55.6 Å². The molecule has 0 unspecified atom stereocenters. The molecule has 2 fully saturated rings. The second-order valence-corrected chi connectivity index (χ2v) is 8.35. The highest BCUT2D eigenvalue weighted by molar-refractivity contribution is 6.30. The minimum absolute atomic E-state index is 0.0124. The maximum atomic E-state index is 14.0. The third-order valence-electron chi connectivity index (χ3n) is 5.73. The topological polar surface area (TPSA) is 70.5 Å². The number of rotatable bonds is 5. The standard InChI is InChI=1S/C21H25ClFN5O2/c1-26-19(29)8-9-24-20(26)27-10-2-3-17(13-27)28(16-6-7-16)21(30)25-12-14-4-5-15(22)11-18(14)23/h4-5,8-9,11,16-17H,2-3,6-7,10,12-13H2,1H3,(H,25,30)/t17-/m1/s1. The number of nitrogens with zero attached hydrogens (tertiary/aromatic N) is 4. The maximum absolute atomic E-state index is 14.0. The van der Waals surface area contributed by atoms with Crippen LogP contribution in [0.2, 0.25) is 5.02 Å². The summed E-state index contributed by atoms with van der Waals surface area (Å²) >= 11 is 5.80. The third-order valence-corrected chi connectivity index (χ3v) is 5.97. The van der Waals surface area contributed by atoms with Gasteiger partial charge < -0.3 is 15.1 Å². The number of anilines is 1. The maximum Gasteiger partial charge on any atom is 0.318 e. The Morgan fingerprint density at radius 3 is 2.83 bits per heavy atom. The summed E-state index contributed by atoms with van der Waals surface area (Å²) in [5, 5.41) is 3.19. The molecule has 30 heavy (non-hydrogen) atoms. The van der Waals surface area contributed by atoms with Crippen LogP contribution in [0.4, 0.5) is 15.1 Å². The van der Waals surface area contributed by atoms with Gasteiger partial charge in [-0.15, -0.1) is 0 Å². The van der Waals surface area contributed by atoms with Gasteiger partial charge in [0.25, 0.3) is 5.56 Å². The Morgan fingerprint density at radius 1 is 1.30 bits per heavy atom. The van der Waals surface area contributed by atoms with E-state index in [1.54, 1.807) is 19.2 Å². The fraction of sp³-hybridized carbons (Fsp3) is 0.476. The van der Waals surface area contributed by atoms with Crippen LogP contribution in [-0.4, -0.2) is 45.7 Å². The van der Waals surface area contributed by atoms with E-state index in [9.17, 15) is 14.0 Å². The van der Waals surface area contributed by atoms with E-state index >= 15 is 0 Å². The molecule has 1 N–H and O–H groups in total. The van der Waals surface area contributed by atoms with Crippen LogP contribution < -0.4 is 15.8 Å². The minimum Gasteiger partial charge on any atom is -0.340 e. The lowest BCUT2D eigenvalue weighted by Gasteiger charge is -2.40. The Hall–Kier alpha value is -2.61. The molecule has 0 spiro atoms. The summed E-state index contributed by atoms with van der Waals surface area (Å²) in [6, 6.07) is 5.91. The number of hydrogen-bond donors (Lipinski definition) is 1. The molecule has 1 saturated heterocycles. The molecule has 160 valence electrons. The predicted octanol–water partition coefficient (Wildman–Crippen LogP) is 2.92. The molecular weight excluding hydrogens is 409 g/mol. The highest BCUT2D eigenvalue weighted by atomic mass is 35.5. The lowest BCUT2D eigenvalue weighted by Crippen LogP contribution is -2.54. The van der Waals surface area contributed by atoms with Crippen molar-refractivity contribution in [1.82, 2.24) is 19.8 Å². The smallest absolute Gasteiger partial charge is 0.318 e. The molecule has 0 bridgehead atoms. The van der Waals surface area contributed by atoms with Crippen molar-refractivity contribution >= 4 is 23.6 Å². The van der Waals surface area contributed by atoms with Crippen LogP contribution in [0, 0.1) is 5.82 Å². The first-order chi connectivity index (χ1) is 14.4. The molecule has 2 aliphatic rings. The predicted molar refractivity (Wildman–Crippen MR) is 113 cm³/mol. The molecule has 2 amide bonds. The number of halogens is 2. The van der Waals surface area contributed by atoms with Gasteiger partial charge in [-0.25, -0.2) is 14.2 Å². The average Bonchev–Trinajstić information content (AvgIpc) is 3.55. The van der Waals surface area contributed by atoms with Gasteiger partial charge in [-0.2, -0.15) is 0 Å². The summed E-state index contributed by atoms with van der Waals surface area (Å²) in [5.74, 6) is 0.187. The normalized spacial score (nSPS) is 18.9. The third kappa shape index (κ3) is 4.43. The van der Waals surface area contributed by atoms with Crippen LogP contribution in [0.1, 0.15) is 31.2 Å². The molecular formula is C21H25ClFN5O2. The molecule has 1 aliphatic carbocycles. The summed E-state index contributed by atoms with van der Waals surface area (Å²) in [5.41, 5.74) is 0.293. The lowest BCUT2D eigenvalue weighted by atomic mass is 10.0. The van der Waals surface area contributed by atoms with Crippen molar-refractivity contribution in [3.63, 3.8) is 0 Å². The fourth-order valence-corrected chi connectivity index (χ4v) is 4.19. The van der Waals surface area contributed by atoms with Crippen LogP contribution in [0.15, 0.2) is 35.3 Å².